The van der Waals surface area contributed by atoms with E-state index in [0.29, 0.717) is 30.2 Å². The molecule has 44 heavy (non-hydrogen) atoms. The van der Waals surface area contributed by atoms with E-state index in [-0.39, 0.29) is 17.4 Å². The predicted molar refractivity (Wildman–Crippen MR) is 174 cm³/mol. The topological polar surface area (TPSA) is 92.2 Å². The highest BCUT2D eigenvalue weighted by Gasteiger charge is 2.42. The van der Waals surface area contributed by atoms with Crippen LogP contribution in [0.25, 0.3) is 5.69 Å². The Bertz CT molecular complexity index is 1590. The fourth-order valence-electron chi connectivity index (χ4n) is 6.69. The highest BCUT2D eigenvalue weighted by atomic mass is 16.2. The maximum absolute atomic E-state index is 13.1. The molecule has 0 spiro atoms. The van der Waals surface area contributed by atoms with Gasteiger partial charge in [-0.3, -0.25) is 15.1 Å². The van der Waals surface area contributed by atoms with E-state index >= 15 is 0 Å². The fourth-order valence-corrected chi connectivity index (χ4v) is 6.69. The number of benzene rings is 2. The molecule has 2 saturated heterocycles. The van der Waals surface area contributed by atoms with Crippen molar-refractivity contribution in [3.05, 3.63) is 102 Å². The number of hydrogen-bond acceptors (Lipinski definition) is 4. The molecule has 228 valence electrons. The molecule has 3 amide bonds. The minimum absolute atomic E-state index is 0.162. The third-order valence-electron chi connectivity index (χ3n) is 8.93. The standard InChI is InChI=1S/C36H42N6O2/c1-24-7-13-29(14-8-24)42-33(22-32(40-42)36(2,3)4)39-35(44)38-28-11-9-25(10-12-28)18-27-19-30-15-16-31(20-27)41(30)34(43)21-26-6-5-17-37-23-26/h5-14,17,22-23,27,30-31H,15-16,18-21H2,1-4H3,(H2,38,39,44). The average Bonchev–Trinajstić information content (AvgIpc) is 3.53. The van der Waals surface area contributed by atoms with Crippen molar-refractivity contribution in [1.29, 1.82) is 0 Å². The molecular weight excluding hydrogens is 548 g/mol. The van der Waals surface area contributed by atoms with Crippen LogP contribution in [0.1, 0.15) is 68.8 Å². The van der Waals surface area contributed by atoms with Gasteiger partial charge in [0.2, 0.25) is 5.91 Å². The normalized spacial score (nSPS) is 19.5. The summed E-state index contributed by atoms with van der Waals surface area (Å²) in [5.74, 6) is 1.40. The summed E-state index contributed by atoms with van der Waals surface area (Å²) in [5, 5.41) is 10.8. The van der Waals surface area contributed by atoms with Gasteiger partial charge in [-0.25, -0.2) is 9.48 Å². The predicted octanol–water partition coefficient (Wildman–Crippen LogP) is 7.07. The SMILES string of the molecule is Cc1ccc(-n2nc(C(C)(C)C)cc2NC(=O)Nc2ccc(CC3CC4CCC(C3)N4C(=O)Cc3cccnc3)cc2)cc1. The fraction of sp³-hybridized carbons (Fsp3) is 0.389. The van der Waals surface area contributed by atoms with Crippen molar-refractivity contribution >= 4 is 23.4 Å². The van der Waals surface area contributed by atoms with Gasteiger partial charge in [0, 0.05) is 41.6 Å². The first-order chi connectivity index (χ1) is 21.1. The highest BCUT2D eigenvalue weighted by molar-refractivity contribution is 5.99. The molecule has 2 aromatic heterocycles. The second-order valence-electron chi connectivity index (χ2n) is 13.5. The lowest BCUT2D eigenvalue weighted by molar-refractivity contribution is -0.135. The zero-order chi connectivity index (χ0) is 30.8. The molecule has 8 nitrogen and oxygen atoms in total. The third-order valence-corrected chi connectivity index (χ3v) is 8.93. The van der Waals surface area contributed by atoms with E-state index in [1.165, 1.54) is 5.56 Å². The molecule has 2 aliphatic rings. The summed E-state index contributed by atoms with van der Waals surface area (Å²) in [7, 11) is 0. The van der Waals surface area contributed by atoms with Crippen molar-refractivity contribution in [2.45, 2.75) is 83.7 Å². The molecule has 8 heteroatoms. The molecule has 4 aromatic rings. The quantitative estimate of drug-likeness (QED) is 0.241. The molecule has 2 aliphatic heterocycles. The van der Waals surface area contributed by atoms with Crippen LogP contribution >= 0.6 is 0 Å². The Kier molecular flexibility index (Phi) is 8.25. The van der Waals surface area contributed by atoms with E-state index < -0.39 is 0 Å². The molecule has 0 radical (unpaired) electrons. The number of nitrogens with one attached hydrogen (secondary N) is 2. The summed E-state index contributed by atoms with van der Waals surface area (Å²) in [5.41, 5.74) is 5.76. The van der Waals surface area contributed by atoms with Crippen molar-refractivity contribution in [2.75, 3.05) is 10.6 Å². The minimum Gasteiger partial charge on any atom is -0.336 e. The lowest BCUT2D eigenvalue weighted by Gasteiger charge is -2.39. The van der Waals surface area contributed by atoms with Crippen LogP contribution in [-0.2, 0) is 23.1 Å². The van der Waals surface area contributed by atoms with Crippen LogP contribution in [0.2, 0.25) is 0 Å². The van der Waals surface area contributed by atoms with Crippen LogP contribution in [0.5, 0.6) is 0 Å². The number of carbonyl (C=O) groups excluding carboxylic acids is 2. The molecule has 4 heterocycles. The van der Waals surface area contributed by atoms with E-state index in [1.807, 2.05) is 61.5 Å². The van der Waals surface area contributed by atoms with Crippen molar-refractivity contribution in [2.24, 2.45) is 5.92 Å². The number of carbonyl (C=O) groups is 2. The molecule has 6 rings (SSSR count). The molecule has 2 N–H and O–H groups in total. The van der Waals surface area contributed by atoms with Crippen LogP contribution in [0.3, 0.4) is 0 Å². The largest absolute Gasteiger partial charge is 0.336 e. The molecular formula is C36H42N6O2. The Morgan fingerprint density at radius 2 is 1.61 bits per heavy atom. The Morgan fingerprint density at radius 3 is 2.25 bits per heavy atom. The van der Waals surface area contributed by atoms with Gasteiger partial charge >= 0.3 is 6.03 Å². The number of anilines is 2. The number of rotatable bonds is 7. The Balaban J connectivity index is 1.05. The van der Waals surface area contributed by atoms with Gasteiger partial charge in [0.15, 0.2) is 0 Å². The highest BCUT2D eigenvalue weighted by Crippen LogP contribution is 2.40. The van der Waals surface area contributed by atoms with Crippen molar-refractivity contribution in [3.8, 4) is 5.69 Å². The van der Waals surface area contributed by atoms with Crippen LogP contribution in [0.4, 0.5) is 16.3 Å². The number of nitrogens with zero attached hydrogens (tertiary/aromatic N) is 4. The molecule has 2 unspecified atom stereocenters. The van der Waals surface area contributed by atoms with Crippen molar-refractivity contribution in [1.82, 2.24) is 19.7 Å². The molecule has 2 atom stereocenters. The summed E-state index contributed by atoms with van der Waals surface area (Å²) < 4.78 is 1.79. The molecule has 2 bridgehead atoms. The second kappa shape index (κ2) is 12.3. The van der Waals surface area contributed by atoms with E-state index in [2.05, 4.69) is 53.4 Å². The maximum atomic E-state index is 13.1. The lowest BCUT2D eigenvalue weighted by atomic mass is 9.85. The number of amides is 3. The maximum Gasteiger partial charge on any atom is 0.324 e. The van der Waals surface area contributed by atoms with Gasteiger partial charge in [0.1, 0.15) is 5.82 Å². The van der Waals surface area contributed by atoms with Crippen LogP contribution < -0.4 is 10.6 Å². The first-order valence-corrected chi connectivity index (χ1v) is 15.7. The zero-order valence-corrected chi connectivity index (χ0v) is 26.1. The number of urea groups is 1. The van der Waals surface area contributed by atoms with E-state index in [1.54, 1.807) is 17.1 Å². The van der Waals surface area contributed by atoms with Gasteiger partial charge in [-0.1, -0.05) is 56.7 Å². The van der Waals surface area contributed by atoms with Crippen LogP contribution in [0.15, 0.2) is 79.1 Å². The lowest BCUT2D eigenvalue weighted by Crippen LogP contribution is -2.47. The van der Waals surface area contributed by atoms with Crippen LogP contribution in [-0.4, -0.2) is 43.7 Å². The van der Waals surface area contributed by atoms with Gasteiger partial charge in [0.25, 0.3) is 0 Å². The van der Waals surface area contributed by atoms with E-state index in [9.17, 15) is 9.59 Å². The van der Waals surface area contributed by atoms with Crippen molar-refractivity contribution in [3.63, 3.8) is 0 Å². The average molecular weight is 591 g/mol. The summed E-state index contributed by atoms with van der Waals surface area (Å²) in [6, 6.07) is 22.4. The summed E-state index contributed by atoms with van der Waals surface area (Å²) >= 11 is 0. The number of aryl methyl sites for hydroxylation is 1. The number of piperidine rings is 1. The van der Waals surface area contributed by atoms with Crippen LogP contribution in [0, 0.1) is 12.8 Å². The Hall–Kier alpha value is -4.46. The summed E-state index contributed by atoms with van der Waals surface area (Å²) in [4.78, 5) is 32.5. The Labute approximate surface area is 259 Å². The summed E-state index contributed by atoms with van der Waals surface area (Å²) in [6.45, 7) is 8.37. The van der Waals surface area contributed by atoms with Gasteiger partial charge in [-0.05, 0) is 86.4 Å². The molecule has 0 saturated carbocycles. The number of fused-ring (bicyclic) bond motifs is 2. The van der Waals surface area contributed by atoms with Gasteiger partial charge in [-0.15, -0.1) is 0 Å². The van der Waals surface area contributed by atoms with Crippen molar-refractivity contribution < 1.29 is 9.59 Å². The smallest absolute Gasteiger partial charge is 0.324 e. The summed E-state index contributed by atoms with van der Waals surface area (Å²) in [6.07, 6.45) is 9.22. The minimum atomic E-state index is -0.314. The van der Waals surface area contributed by atoms with Gasteiger partial charge in [0.05, 0.1) is 17.8 Å². The number of pyridine rings is 1. The third kappa shape index (κ3) is 6.69. The van der Waals surface area contributed by atoms with E-state index in [4.69, 9.17) is 5.10 Å². The second-order valence-corrected chi connectivity index (χ2v) is 13.5. The Morgan fingerprint density at radius 1 is 0.909 bits per heavy atom. The molecule has 0 aliphatic carbocycles. The first kappa shape index (κ1) is 29.6. The molecule has 2 aromatic carbocycles. The zero-order valence-electron chi connectivity index (χ0n) is 26.1. The van der Waals surface area contributed by atoms with Gasteiger partial charge < -0.3 is 10.2 Å². The van der Waals surface area contributed by atoms with E-state index in [0.717, 1.165) is 60.3 Å². The number of aromatic nitrogens is 3. The molecule has 2 fully saturated rings. The number of hydrogen-bond donors (Lipinski definition) is 2. The first-order valence-electron chi connectivity index (χ1n) is 15.7. The monoisotopic (exact) mass is 590 g/mol. The van der Waals surface area contributed by atoms with Gasteiger partial charge in [-0.2, -0.15) is 5.10 Å².